The number of pyridine rings is 1. The van der Waals surface area contributed by atoms with Gasteiger partial charge in [0.15, 0.2) is 0 Å². The second-order valence-corrected chi connectivity index (χ2v) is 9.06. The quantitative estimate of drug-likeness (QED) is 0.678. The number of hydrogen-bond donors (Lipinski definition) is 2. The molecule has 1 amide bonds. The van der Waals surface area contributed by atoms with Gasteiger partial charge in [0, 0.05) is 36.8 Å². The van der Waals surface area contributed by atoms with Gasteiger partial charge in [-0.2, -0.15) is 0 Å². The van der Waals surface area contributed by atoms with E-state index in [-0.39, 0.29) is 11.8 Å². The number of nitrogens with zero attached hydrogens (tertiary/aromatic N) is 2. The third-order valence-corrected chi connectivity index (χ3v) is 4.76. The lowest BCUT2D eigenvalue weighted by Gasteiger charge is -2.31. The van der Waals surface area contributed by atoms with E-state index in [0.29, 0.717) is 5.56 Å². The molecule has 2 atom stereocenters. The fourth-order valence-electron chi connectivity index (χ4n) is 3.44. The predicted octanol–water partition coefficient (Wildman–Crippen LogP) is 3.04. The van der Waals surface area contributed by atoms with Gasteiger partial charge in [-0.15, -0.1) is 0 Å². The number of para-hydroxylation sites is 1. The molecule has 164 valence electrons. The smallest absolute Gasteiger partial charge is 0.323 e. The van der Waals surface area contributed by atoms with Crippen LogP contribution in [0.5, 0.6) is 0 Å². The Kier molecular flexibility index (Phi) is 7.42. The van der Waals surface area contributed by atoms with Gasteiger partial charge in [0.05, 0.1) is 18.3 Å². The molecule has 0 saturated heterocycles. The van der Waals surface area contributed by atoms with Crippen LogP contribution in [-0.2, 0) is 14.3 Å². The molecule has 0 spiro atoms. The zero-order chi connectivity index (χ0) is 22.6. The first-order valence-corrected chi connectivity index (χ1v) is 10.2. The molecule has 0 aliphatic heterocycles. The molecular weight excluding hydrogens is 380 g/mol. The highest BCUT2D eigenvalue weighted by atomic mass is 16.5. The third-order valence-electron chi connectivity index (χ3n) is 4.76. The van der Waals surface area contributed by atoms with Crippen LogP contribution in [0.15, 0.2) is 30.5 Å². The van der Waals surface area contributed by atoms with Crippen molar-refractivity contribution in [3.05, 3.63) is 36.0 Å². The van der Waals surface area contributed by atoms with E-state index in [0.717, 1.165) is 16.6 Å². The van der Waals surface area contributed by atoms with E-state index in [1.54, 1.807) is 6.20 Å². The summed E-state index contributed by atoms with van der Waals surface area (Å²) in [6.07, 6.45) is 1.71. The third kappa shape index (κ3) is 5.48. The molecule has 0 bridgehead atoms. The summed E-state index contributed by atoms with van der Waals surface area (Å²) in [5, 5.41) is 7.22. The van der Waals surface area contributed by atoms with Crippen LogP contribution in [0, 0.1) is 5.92 Å². The summed E-state index contributed by atoms with van der Waals surface area (Å²) in [6.45, 7) is 9.60. The van der Waals surface area contributed by atoms with Crippen LogP contribution in [0.25, 0.3) is 10.9 Å². The number of carbonyl (C=O) groups is 2. The maximum atomic E-state index is 13.4. The molecule has 30 heavy (non-hydrogen) atoms. The number of hydrogen-bond acceptors (Lipinski definition) is 6. The van der Waals surface area contributed by atoms with Crippen molar-refractivity contribution in [2.24, 2.45) is 5.92 Å². The molecule has 2 aromatic rings. The Labute approximate surface area is 179 Å². The van der Waals surface area contributed by atoms with E-state index in [4.69, 9.17) is 4.74 Å². The number of rotatable bonds is 7. The molecule has 0 aliphatic rings. The lowest BCUT2D eigenvalue weighted by molar-refractivity contribution is -0.144. The van der Waals surface area contributed by atoms with E-state index in [1.807, 2.05) is 77.9 Å². The number of ether oxygens (including phenoxy) is 1. The van der Waals surface area contributed by atoms with Crippen LogP contribution in [0.1, 0.15) is 46.2 Å². The first-order chi connectivity index (χ1) is 14.0. The molecule has 7 nitrogen and oxygen atoms in total. The average molecular weight is 415 g/mol. The molecule has 1 aromatic heterocycles. The fraction of sp³-hybridized carbons (Fsp3) is 0.522. The van der Waals surface area contributed by atoms with Crippen LogP contribution in [0.3, 0.4) is 0 Å². The maximum Gasteiger partial charge on any atom is 0.323 e. The van der Waals surface area contributed by atoms with Crippen molar-refractivity contribution >= 4 is 28.5 Å². The van der Waals surface area contributed by atoms with Gasteiger partial charge < -0.3 is 15.0 Å². The highest BCUT2D eigenvalue weighted by Gasteiger charge is 2.34. The largest absolute Gasteiger partial charge is 0.468 e. The van der Waals surface area contributed by atoms with E-state index in [2.05, 4.69) is 15.6 Å². The van der Waals surface area contributed by atoms with Gasteiger partial charge in [-0.05, 0) is 32.8 Å². The molecule has 2 N–H and O–H groups in total. The van der Waals surface area contributed by atoms with Gasteiger partial charge in [0.25, 0.3) is 0 Å². The molecule has 0 unspecified atom stereocenters. The van der Waals surface area contributed by atoms with Crippen molar-refractivity contribution in [2.75, 3.05) is 26.1 Å². The van der Waals surface area contributed by atoms with Crippen molar-refractivity contribution in [1.82, 2.24) is 15.6 Å². The summed E-state index contributed by atoms with van der Waals surface area (Å²) >= 11 is 0. The minimum absolute atomic E-state index is 0.0707. The molecule has 0 fully saturated rings. The van der Waals surface area contributed by atoms with Crippen molar-refractivity contribution < 1.29 is 14.3 Å². The Morgan fingerprint density at radius 3 is 2.30 bits per heavy atom. The first-order valence-electron chi connectivity index (χ1n) is 10.2. The predicted molar refractivity (Wildman–Crippen MR) is 120 cm³/mol. The van der Waals surface area contributed by atoms with Crippen molar-refractivity contribution in [2.45, 2.75) is 52.2 Å². The van der Waals surface area contributed by atoms with E-state index >= 15 is 0 Å². The number of methoxy groups -OCH3 is 1. The van der Waals surface area contributed by atoms with Gasteiger partial charge in [0.2, 0.25) is 5.91 Å². The number of carbonyl (C=O) groups excluding carboxylic acids is 2. The maximum absolute atomic E-state index is 13.4. The van der Waals surface area contributed by atoms with Crippen LogP contribution in [-0.4, -0.2) is 49.6 Å². The van der Waals surface area contributed by atoms with Crippen molar-refractivity contribution in [3.63, 3.8) is 0 Å². The number of esters is 1. The lowest BCUT2D eigenvalue weighted by Crippen LogP contribution is -2.52. The standard InChI is InChI=1S/C23H34N4O3/c1-14(2)18(22(29)30-8)25-19(21(28)26-23(3,4)5)16-13-24-17-12-10-9-11-15(17)20(16)27(6)7/h9-14,18-19,25H,1-8H3,(H,26,28)/t18-,19+/m0/s1. The Hall–Kier alpha value is -2.67. The summed E-state index contributed by atoms with van der Waals surface area (Å²) in [5.41, 5.74) is 2.00. The number of nitrogens with one attached hydrogen (secondary N) is 2. The molecule has 2 rings (SSSR count). The summed E-state index contributed by atoms with van der Waals surface area (Å²) in [4.78, 5) is 32.3. The van der Waals surface area contributed by atoms with Gasteiger partial charge >= 0.3 is 5.97 Å². The first kappa shape index (κ1) is 23.6. The van der Waals surface area contributed by atoms with Gasteiger partial charge in [-0.25, -0.2) is 0 Å². The highest BCUT2D eigenvalue weighted by Crippen LogP contribution is 2.33. The van der Waals surface area contributed by atoms with Gasteiger partial charge in [-0.1, -0.05) is 32.0 Å². The molecular formula is C23H34N4O3. The minimum atomic E-state index is -0.787. The summed E-state index contributed by atoms with van der Waals surface area (Å²) in [5.74, 6) is -0.699. The van der Waals surface area contributed by atoms with Crippen LogP contribution in [0.4, 0.5) is 5.69 Å². The zero-order valence-corrected chi connectivity index (χ0v) is 19.2. The van der Waals surface area contributed by atoms with E-state index < -0.39 is 23.6 Å². The number of benzene rings is 1. The van der Waals surface area contributed by atoms with Gasteiger partial charge in [0.1, 0.15) is 12.1 Å². The Balaban J connectivity index is 2.65. The summed E-state index contributed by atoms with van der Waals surface area (Å²) < 4.78 is 4.98. The van der Waals surface area contributed by atoms with E-state index in [9.17, 15) is 9.59 Å². The van der Waals surface area contributed by atoms with Crippen LogP contribution in [0.2, 0.25) is 0 Å². The van der Waals surface area contributed by atoms with Gasteiger partial charge in [-0.3, -0.25) is 19.9 Å². The van der Waals surface area contributed by atoms with Crippen molar-refractivity contribution in [1.29, 1.82) is 0 Å². The second-order valence-electron chi connectivity index (χ2n) is 9.06. The monoisotopic (exact) mass is 414 g/mol. The zero-order valence-electron chi connectivity index (χ0n) is 19.2. The fourth-order valence-corrected chi connectivity index (χ4v) is 3.44. The molecule has 1 heterocycles. The minimum Gasteiger partial charge on any atom is -0.468 e. The summed E-state index contributed by atoms with van der Waals surface area (Å²) in [6, 6.07) is 6.37. The lowest BCUT2D eigenvalue weighted by atomic mass is 9.97. The molecule has 1 aromatic carbocycles. The molecule has 0 saturated carbocycles. The Morgan fingerprint density at radius 2 is 1.77 bits per heavy atom. The average Bonchev–Trinajstić information content (AvgIpc) is 2.65. The Morgan fingerprint density at radius 1 is 1.13 bits per heavy atom. The summed E-state index contributed by atoms with van der Waals surface area (Å²) in [7, 11) is 5.22. The SMILES string of the molecule is COC(=O)[C@@H](N[C@@H](C(=O)NC(C)(C)C)c1cnc2ccccc2c1N(C)C)C(C)C. The van der Waals surface area contributed by atoms with Crippen molar-refractivity contribution in [3.8, 4) is 0 Å². The number of fused-ring (bicyclic) bond motifs is 1. The topological polar surface area (TPSA) is 83.6 Å². The van der Waals surface area contributed by atoms with Crippen LogP contribution >= 0.6 is 0 Å². The number of anilines is 1. The van der Waals surface area contributed by atoms with E-state index in [1.165, 1.54) is 7.11 Å². The Bertz CT molecular complexity index is 903. The normalized spacial score (nSPS) is 13.8. The molecule has 0 radical (unpaired) electrons. The molecule has 7 heteroatoms. The number of aromatic nitrogens is 1. The second kappa shape index (κ2) is 9.43. The highest BCUT2D eigenvalue weighted by molar-refractivity contribution is 5.96. The molecule has 0 aliphatic carbocycles. The van der Waals surface area contributed by atoms with Crippen LogP contribution < -0.4 is 15.5 Å². The number of amides is 1.